The molecule has 0 heterocycles. The van der Waals surface area contributed by atoms with Crippen molar-refractivity contribution in [3.05, 3.63) is 64.1 Å². The highest BCUT2D eigenvalue weighted by Crippen LogP contribution is 2.21. The van der Waals surface area contributed by atoms with Gasteiger partial charge in [0.05, 0.1) is 18.0 Å². The molecule has 0 bridgehead atoms. The zero-order chi connectivity index (χ0) is 20.7. The quantitative estimate of drug-likeness (QED) is 0.613. The van der Waals surface area contributed by atoms with Gasteiger partial charge in [-0.3, -0.25) is 4.79 Å². The number of nitrogens with zero attached hydrogens (tertiary/aromatic N) is 1. The second kappa shape index (κ2) is 10.2. The molecule has 8 heteroatoms. The number of rotatable bonds is 9. The lowest BCUT2D eigenvalue weighted by Crippen LogP contribution is -2.44. The number of nitrogens with one attached hydrogen (secondary N) is 1. The van der Waals surface area contributed by atoms with Crippen molar-refractivity contribution < 1.29 is 17.9 Å². The molecule has 28 heavy (non-hydrogen) atoms. The molecule has 0 radical (unpaired) electrons. The van der Waals surface area contributed by atoms with Gasteiger partial charge < -0.3 is 10.1 Å². The lowest BCUT2D eigenvalue weighted by Gasteiger charge is -2.23. The summed E-state index contributed by atoms with van der Waals surface area (Å²) in [4.78, 5) is 12.6. The van der Waals surface area contributed by atoms with Crippen molar-refractivity contribution in [2.75, 3.05) is 20.3 Å². The standard InChI is InChI=1S/C20H25BrN2O4S/c1-15-4-6-17(7-5-15)12-23(13-20(24)22-16(2)14-27-3)28(25,26)19-10-8-18(21)9-11-19/h4-11,16H,12-14H2,1-3H3,(H,22,24)/t16-/m1/s1. The number of aryl methyl sites for hydroxylation is 1. The van der Waals surface area contributed by atoms with Crippen LogP contribution in [0.15, 0.2) is 57.9 Å². The number of methoxy groups -OCH3 is 1. The van der Waals surface area contributed by atoms with Crippen molar-refractivity contribution in [3.63, 3.8) is 0 Å². The van der Waals surface area contributed by atoms with E-state index in [0.29, 0.717) is 6.61 Å². The maximum Gasteiger partial charge on any atom is 0.243 e. The molecule has 0 unspecified atom stereocenters. The normalized spacial score (nSPS) is 12.8. The van der Waals surface area contributed by atoms with Crippen molar-refractivity contribution in [1.29, 1.82) is 0 Å². The molecule has 2 rings (SSSR count). The van der Waals surface area contributed by atoms with E-state index in [1.165, 1.54) is 16.4 Å². The first-order valence-electron chi connectivity index (χ1n) is 8.82. The minimum Gasteiger partial charge on any atom is -0.383 e. The molecule has 0 aliphatic rings. The fourth-order valence-electron chi connectivity index (χ4n) is 2.65. The van der Waals surface area contributed by atoms with Gasteiger partial charge in [0.25, 0.3) is 0 Å². The summed E-state index contributed by atoms with van der Waals surface area (Å²) in [7, 11) is -2.30. The molecule has 1 amide bonds. The molecule has 0 aliphatic carbocycles. The summed E-state index contributed by atoms with van der Waals surface area (Å²) in [6.45, 7) is 3.94. The van der Waals surface area contributed by atoms with Crippen molar-refractivity contribution in [3.8, 4) is 0 Å². The molecule has 6 nitrogen and oxygen atoms in total. The van der Waals surface area contributed by atoms with E-state index < -0.39 is 10.0 Å². The van der Waals surface area contributed by atoms with Gasteiger partial charge in [-0.15, -0.1) is 0 Å². The molecule has 0 fully saturated rings. The van der Waals surface area contributed by atoms with Crippen LogP contribution in [0.1, 0.15) is 18.1 Å². The third-order valence-corrected chi connectivity index (χ3v) is 6.41. The number of sulfonamides is 1. The third kappa shape index (κ3) is 6.41. The Hall–Kier alpha value is -1.74. The van der Waals surface area contributed by atoms with Crippen LogP contribution in [-0.4, -0.2) is 44.9 Å². The van der Waals surface area contributed by atoms with Crippen molar-refractivity contribution in [2.24, 2.45) is 0 Å². The van der Waals surface area contributed by atoms with E-state index in [0.717, 1.165) is 15.6 Å². The zero-order valence-corrected chi connectivity index (χ0v) is 18.6. The van der Waals surface area contributed by atoms with Gasteiger partial charge in [0, 0.05) is 24.2 Å². The molecule has 152 valence electrons. The summed E-state index contributed by atoms with van der Waals surface area (Å²) in [5, 5.41) is 2.76. The fourth-order valence-corrected chi connectivity index (χ4v) is 4.30. The number of halogens is 1. The van der Waals surface area contributed by atoms with Gasteiger partial charge in [-0.25, -0.2) is 8.42 Å². The van der Waals surface area contributed by atoms with Crippen molar-refractivity contribution in [2.45, 2.75) is 31.3 Å². The Balaban J connectivity index is 2.27. The first-order chi connectivity index (χ1) is 13.2. The van der Waals surface area contributed by atoms with Crippen molar-refractivity contribution >= 4 is 31.9 Å². The summed E-state index contributed by atoms with van der Waals surface area (Å²) < 4.78 is 33.3. The average molecular weight is 469 g/mol. The second-order valence-corrected chi connectivity index (χ2v) is 9.49. The molecule has 0 saturated carbocycles. The van der Waals surface area contributed by atoms with E-state index in [-0.39, 0.29) is 29.9 Å². The topological polar surface area (TPSA) is 75.7 Å². The second-order valence-electron chi connectivity index (χ2n) is 6.64. The highest BCUT2D eigenvalue weighted by molar-refractivity contribution is 9.10. The Labute approximate surface area is 175 Å². The van der Waals surface area contributed by atoms with Gasteiger partial charge >= 0.3 is 0 Å². The fraction of sp³-hybridized carbons (Fsp3) is 0.350. The monoisotopic (exact) mass is 468 g/mol. The molecule has 0 saturated heterocycles. The van der Waals surface area contributed by atoms with Crippen LogP contribution in [0.5, 0.6) is 0 Å². The van der Waals surface area contributed by atoms with E-state index in [1.54, 1.807) is 26.2 Å². The Kier molecular flexibility index (Phi) is 8.18. The molecular formula is C20H25BrN2O4S. The van der Waals surface area contributed by atoms with Crippen LogP contribution in [0, 0.1) is 6.92 Å². The van der Waals surface area contributed by atoms with E-state index >= 15 is 0 Å². The van der Waals surface area contributed by atoms with E-state index in [1.807, 2.05) is 31.2 Å². The molecule has 2 aromatic rings. The maximum absolute atomic E-state index is 13.2. The largest absolute Gasteiger partial charge is 0.383 e. The first kappa shape index (κ1) is 22.5. The van der Waals surface area contributed by atoms with E-state index in [4.69, 9.17) is 4.74 Å². The molecule has 1 atom stereocenters. The Morgan fingerprint density at radius 1 is 1.14 bits per heavy atom. The molecule has 0 spiro atoms. The van der Waals surface area contributed by atoms with Gasteiger partial charge in [-0.1, -0.05) is 45.8 Å². The van der Waals surface area contributed by atoms with Crippen LogP contribution in [0.3, 0.4) is 0 Å². The Morgan fingerprint density at radius 3 is 2.32 bits per heavy atom. The predicted molar refractivity (Wildman–Crippen MR) is 112 cm³/mol. The van der Waals surface area contributed by atoms with Gasteiger partial charge in [0.2, 0.25) is 15.9 Å². The summed E-state index contributed by atoms with van der Waals surface area (Å²) in [6, 6.07) is 13.7. The number of benzene rings is 2. The SMILES string of the molecule is COC[C@@H](C)NC(=O)CN(Cc1ccc(C)cc1)S(=O)(=O)c1ccc(Br)cc1. The lowest BCUT2D eigenvalue weighted by molar-refractivity contribution is -0.122. The number of amides is 1. The highest BCUT2D eigenvalue weighted by atomic mass is 79.9. The average Bonchev–Trinajstić information content (AvgIpc) is 2.63. The number of hydrogen-bond acceptors (Lipinski definition) is 4. The van der Waals surface area contributed by atoms with Crippen LogP contribution in [0.2, 0.25) is 0 Å². The summed E-state index contributed by atoms with van der Waals surface area (Å²) in [5.74, 6) is -0.377. The number of carbonyl (C=O) groups excluding carboxylic acids is 1. The van der Waals surface area contributed by atoms with Gasteiger partial charge in [0.1, 0.15) is 0 Å². The lowest BCUT2D eigenvalue weighted by atomic mass is 10.1. The smallest absolute Gasteiger partial charge is 0.243 e. The zero-order valence-electron chi connectivity index (χ0n) is 16.2. The summed E-state index contributed by atoms with van der Waals surface area (Å²) in [5.41, 5.74) is 1.89. The summed E-state index contributed by atoms with van der Waals surface area (Å²) >= 11 is 3.31. The first-order valence-corrected chi connectivity index (χ1v) is 11.0. The number of ether oxygens (including phenoxy) is 1. The van der Waals surface area contributed by atoms with Crippen molar-refractivity contribution in [1.82, 2.24) is 9.62 Å². The number of carbonyl (C=O) groups is 1. The van der Waals surface area contributed by atoms with Crippen LogP contribution in [0.25, 0.3) is 0 Å². The van der Waals surface area contributed by atoms with Gasteiger partial charge in [-0.2, -0.15) is 4.31 Å². The van der Waals surface area contributed by atoms with Gasteiger partial charge in [-0.05, 0) is 43.7 Å². The minimum absolute atomic E-state index is 0.102. The highest BCUT2D eigenvalue weighted by Gasteiger charge is 2.27. The predicted octanol–water partition coefficient (Wildman–Crippen LogP) is 3.10. The van der Waals surface area contributed by atoms with Crippen LogP contribution < -0.4 is 5.32 Å². The molecule has 2 aromatic carbocycles. The van der Waals surface area contributed by atoms with Gasteiger partial charge in [0.15, 0.2) is 0 Å². The van der Waals surface area contributed by atoms with E-state index in [9.17, 15) is 13.2 Å². The molecular weight excluding hydrogens is 444 g/mol. The molecule has 0 aromatic heterocycles. The van der Waals surface area contributed by atoms with E-state index in [2.05, 4.69) is 21.2 Å². The minimum atomic E-state index is -3.85. The van der Waals surface area contributed by atoms with Crippen LogP contribution in [-0.2, 0) is 26.1 Å². The Bertz CT molecular complexity index is 883. The number of hydrogen-bond donors (Lipinski definition) is 1. The maximum atomic E-state index is 13.2. The molecule has 1 N–H and O–H groups in total. The summed E-state index contributed by atoms with van der Waals surface area (Å²) in [6.07, 6.45) is 0. The van der Waals surface area contributed by atoms with Crippen LogP contribution in [0.4, 0.5) is 0 Å². The molecule has 0 aliphatic heterocycles. The Morgan fingerprint density at radius 2 is 1.75 bits per heavy atom. The van der Waals surface area contributed by atoms with Crippen LogP contribution >= 0.6 is 15.9 Å². The third-order valence-electron chi connectivity index (χ3n) is 4.07.